The van der Waals surface area contributed by atoms with Crippen LogP contribution in [0.15, 0.2) is 71.3 Å². The SMILES string of the molecule is CC(C)N(C)C(=O)c1ccc(CNC(=O)c2ccc(Oc3ccc(Br)cc3)nc2)cc1. The second-order valence-electron chi connectivity index (χ2n) is 7.33. The molecule has 160 valence electrons. The maximum absolute atomic E-state index is 12.4. The zero-order chi connectivity index (χ0) is 22.4. The van der Waals surface area contributed by atoms with Gasteiger partial charge in [-0.05, 0) is 61.9 Å². The maximum atomic E-state index is 12.4. The molecule has 1 aromatic heterocycles. The van der Waals surface area contributed by atoms with Crippen molar-refractivity contribution in [3.8, 4) is 11.6 Å². The van der Waals surface area contributed by atoms with Crippen molar-refractivity contribution in [2.24, 2.45) is 0 Å². The highest BCUT2D eigenvalue weighted by molar-refractivity contribution is 9.10. The lowest BCUT2D eigenvalue weighted by atomic mass is 10.1. The molecular formula is C24H24BrN3O3. The van der Waals surface area contributed by atoms with Crippen molar-refractivity contribution < 1.29 is 14.3 Å². The fourth-order valence-corrected chi connectivity index (χ4v) is 2.95. The number of nitrogens with zero attached hydrogens (tertiary/aromatic N) is 2. The molecule has 0 unspecified atom stereocenters. The highest BCUT2D eigenvalue weighted by atomic mass is 79.9. The lowest BCUT2D eigenvalue weighted by molar-refractivity contribution is 0.0754. The molecule has 1 N–H and O–H groups in total. The predicted octanol–water partition coefficient (Wildman–Crippen LogP) is 5.05. The Kier molecular flexibility index (Phi) is 7.41. The van der Waals surface area contributed by atoms with Gasteiger partial charge in [-0.2, -0.15) is 0 Å². The van der Waals surface area contributed by atoms with Gasteiger partial charge in [0, 0.05) is 41.9 Å². The Balaban J connectivity index is 1.54. The molecule has 0 saturated carbocycles. The van der Waals surface area contributed by atoms with Gasteiger partial charge in [-0.3, -0.25) is 9.59 Å². The van der Waals surface area contributed by atoms with Gasteiger partial charge in [-0.25, -0.2) is 4.98 Å². The molecule has 0 fully saturated rings. The molecule has 3 aromatic rings. The topological polar surface area (TPSA) is 71.5 Å². The summed E-state index contributed by atoms with van der Waals surface area (Å²) in [5.41, 5.74) is 1.96. The number of carbonyl (C=O) groups excluding carboxylic acids is 2. The third-order valence-corrected chi connectivity index (χ3v) is 5.31. The van der Waals surface area contributed by atoms with Gasteiger partial charge in [0.05, 0.1) is 5.56 Å². The van der Waals surface area contributed by atoms with E-state index < -0.39 is 0 Å². The third kappa shape index (κ3) is 6.15. The molecule has 0 saturated heterocycles. The summed E-state index contributed by atoms with van der Waals surface area (Å²) >= 11 is 3.38. The van der Waals surface area contributed by atoms with Crippen molar-refractivity contribution in [2.45, 2.75) is 26.4 Å². The van der Waals surface area contributed by atoms with Crippen LogP contribution in [0.3, 0.4) is 0 Å². The molecule has 1 heterocycles. The number of hydrogen-bond acceptors (Lipinski definition) is 4. The van der Waals surface area contributed by atoms with E-state index in [0.29, 0.717) is 29.3 Å². The number of halogens is 1. The molecule has 6 nitrogen and oxygen atoms in total. The summed E-state index contributed by atoms with van der Waals surface area (Å²) in [5.74, 6) is 0.810. The summed E-state index contributed by atoms with van der Waals surface area (Å²) in [6.45, 7) is 4.29. The van der Waals surface area contributed by atoms with Crippen molar-refractivity contribution >= 4 is 27.7 Å². The van der Waals surface area contributed by atoms with Crippen molar-refractivity contribution in [1.29, 1.82) is 0 Å². The van der Waals surface area contributed by atoms with Crippen LogP contribution in [0.5, 0.6) is 11.6 Å². The van der Waals surface area contributed by atoms with Crippen LogP contribution >= 0.6 is 15.9 Å². The zero-order valence-electron chi connectivity index (χ0n) is 17.6. The van der Waals surface area contributed by atoms with Crippen LogP contribution in [0.4, 0.5) is 0 Å². The smallest absolute Gasteiger partial charge is 0.253 e. The van der Waals surface area contributed by atoms with Crippen molar-refractivity contribution in [1.82, 2.24) is 15.2 Å². The van der Waals surface area contributed by atoms with E-state index in [0.717, 1.165) is 10.0 Å². The number of carbonyl (C=O) groups is 2. The molecule has 0 aliphatic carbocycles. The quantitative estimate of drug-likeness (QED) is 0.512. The highest BCUT2D eigenvalue weighted by Gasteiger charge is 2.14. The summed E-state index contributed by atoms with van der Waals surface area (Å²) in [7, 11) is 1.78. The Bertz CT molecular complexity index is 1030. The molecule has 7 heteroatoms. The highest BCUT2D eigenvalue weighted by Crippen LogP contribution is 2.21. The van der Waals surface area contributed by atoms with Gasteiger partial charge in [-0.15, -0.1) is 0 Å². The number of ether oxygens (including phenoxy) is 1. The molecule has 0 spiro atoms. The first-order chi connectivity index (χ1) is 14.8. The molecule has 0 bridgehead atoms. The van der Waals surface area contributed by atoms with Crippen molar-refractivity contribution in [2.75, 3.05) is 7.05 Å². The largest absolute Gasteiger partial charge is 0.439 e. The van der Waals surface area contributed by atoms with E-state index in [2.05, 4.69) is 26.2 Å². The minimum Gasteiger partial charge on any atom is -0.439 e. The van der Waals surface area contributed by atoms with Crippen molar-refractivity contribution in [3.05, 3.63) is 88.0 Å². The first kappa shape index (κ1) is 22.5. The summed E-state index contributed by atoms with van der Waals surface area (Å²) in [5, 5.41) is 2.86. The van der Waals surface area contributed by atoms with Crippen LogP contribution in [-0.4, -0.2) is 34.8 Å². The summed E-state index contributed by atoms with van der Waals surface area (Å²) in [6, 6.07) is 18.1. The fraction of sp³-hybridized carbons (Fsp3) is 0.208. The number of nitrogens with one attached hydrogen (secondary N) is 1. The molecule has 0 radical (unpaired) electrons. The standard InChI is InChI=1S/C24H24BrN3O3/c1-16(2)28(3)24(30)18-6-4-17(5-7-18)14-27-23(29)19-8-13-22(26-15-19)31-21-11-9-20(25)10-12-21/h4-13,15-16H,14H2,1-3H3,(H,27,29). The molecule has 0 atom stereocenters. The van der Waals surface area contributed by atoms with Crippen LogP contribution in [0, 0.1) is 0 Å². The summed E-state index contributed by atoms with van der Waals surface area (Å²) in [6.07, 6.45) is 1.48. The van der Waals surface area contributed by atoms with Gasteiger partial charge in [-0.1, -0.05) is 28.1 Å². The van der Waals surface area contributed by atoms with E-state index in [1.807, 2.05) is 50.2 Å². The third-order valence-electron chi connectivity index (χ3n) is 4.78. The van der Waals surface area contributed by atoms with Crippen LogP contribution in [0.25, 0.3) is 0 Å². The zero-order valence-corrected chi connectivity index (χ0v) is 19.2. The minimum absolute atomic E-state index is 0.0258. The first-order valence-corrected chi connectivity index (χ1v) is 10.7. The van der Waals surface area contributed by atoms with Crippen LogP contribution in [0.1, 0.15) is 40.1 Å². The van der Waals surface area contributed by atoms with E-state index in [1.165, 1.54) is 6.20 Å². The van der Waals surface area contributed by atoms with Gasteiger partial charge in [0.15, 0.2) is 0 Å². The number of pyridine rings is 1. The molecule has 31 heavy (non-hydrogen) atoms. The number of benzene rings is 2. The minimum atomic E-state index is -0.234. The molecule has 3 rings (SSSR count). The Morgan fingerprint density at radius 2 is 1.65 bits per heavy atom. The number of hydrogen-bond donors (Lipinski definition) is 1. The lowest BCUT2D eigenvalue weighted by Crippen LogP contribution is -2.32. The van der Waals surface area contributed by atoms with Gasteiger partial charge >= 0.3 is 0 Å². The van der Waals surface area contributed by atoms with Crippen LogP contribution < -0.4 is 10.1 Å². The Hall–Kier alpha value is -3.19. The van der Waals surface area contributed by atoms with E-state index in [-0.39, 0.29) is 17.9 Å². The average Bonchev–Trinajstić information content (AvgIpc) is 2.78. The number of amides is 2. The fourth-order valence-electron chi connectivity index (χ4n) is 2.69. The van der Waals surface area contributed by atoms with Crippen molar-refractivity contribution in [3.63, 3.8) is 0 Å². The van der Waals surface area contributed by atoms with Crippen LogP contribution in [0.2, 0.25) is 0 Å². The normalized spacial score (nSPS) is 10.6. The van der Waals surface area contributed by atoms with Gasteiger partial charge in [0.2, 0.25) is 5.88 Å². The number of rotatable bonds is 7. The van der Waals surface area contributed by atoms with Gasteiger partial charge in [0.25, 0.3) is 11.8 Å². The van der Waals surface area contributed by atoms with E-state index in [4.69, 9.17) is 4.74 Å². The predicted molar refractivity (Wildman–Crippen MR) is 123 cm³/mol. The summed E-state index contributed by atoms with van der Waals surface area (Å²) < 4.78 is 6.63. The maximum Gasteiger partial charge on any atom is 0.253 e. The Morgan fingerprint density at radius 1 is 1.00 bits per heavy atom. The van der Waals surface area contributed by atoms with E-state index in [1.54, 1.807) is 36.2 Å². The van der Waals surface area contributed by atoms with E-state index in [9.17, 15) is 9.59 Å². The van der Waals surface area contributed by atoms with Gasteiger partial charge in [0.1, 0.15) is 5.75 Å². The Morgan fingerprint density at radius 3 is 2.23 bits per heavy atom. The first-order valence-electron chi connectivity index (χ1n) is 9.87. The summed E-state index contributed by atoms with van der Waals surface area (Å²) in [4.78, 5) is 30.6. The monoisotopic (exact) mass is 481 g/mol. The Labute approximate surface area is 190 Å². The number of aromatic nitrogens is 1. The molecule has 0 aliphatic rings. The second kappa shape index (κ2) is 10.2. The second-order valence-corrected chi connectivity index (χ2v) is 8.25. The molecule has 2 aromatic carbocycles. The lowest BCUT2D eigenvalue weighted by Gasteiger charge is -2.21. The molecule has 2 amide bonds. The molecular weight excluding hydrogens is 458 g/mol. The average molecular weight is 482 g/mol. The van der Waals surface area contributed by atoms with Gasteiger partial charge < -0.3 is 15.0 Å². The van der Waals surface area contributed by atoms with Crippen LogP contribution in [-0.2, 0) is 6.54 Å². The van der Waals surface area contributed by atoms with E-state index >= 15 is 0 Å². The molecule has 0 aliphatic heterocycles.